The second-order valence-corrected chi connectivity index (χ2v) is 4.43. The summed E-state index contributed by atoms with van der Waals surface area (Å²) in [5.41, 5.74) is 3.29. The molecule has 2 aromatic rings. The fraction of sp³-hybridized carbons (Fsp3) is 0.200. The molecular formula is C15H14FNO. The average molecular weight is 243 g/mol. The molecule has 0 radical (unpaired) electrons. The summed E-state index contributed by atoms with van der Waals surface area (Å²) < 4.78 is 13.2. The molecule has 0 bridgehead atoms. The molecule has 92 valence electrons. The molecule has 1 aromatic carbocycles. The van der Waals surface area contributed by atoms with Gasteiger partial charge in [0.25, 0.3) is 0 Å². The summed E-state index contributed by atoms with van der Waals surface area (Å²) in [6.07, 6.45) is 0. The van der Waals surface area contributed by atoms with Gasteiger partial charge in [-0.25, -0.2) is 4.39 Å². The van der Waals surface area contributed by atoms with Crippen LogP contribution in [0, 0.1) is 26.6 Å². The van der Waals surface area contributed by atoms with Gasteiger partial charge in [-0.3, -0.25) is 9.78 Å². The van der Waals surface area contributed by atoms with Crippen molar-refractivity contribution in [3.63, 3.8) is 0 Å². The van der Waals surface area contributed by atoms with Gasteiger partial charge in [0.15, 0.2) is 5.78 Å². The van der Waals surface area contributed by atoms with E-state index in [1.165, 1.54) is 12.1 Å². The molecular weight excluding hydrogens is 229 g/mol. The average Bonchev–Trinajstić information content (AvgIpc) is 2.30. The Morgan fingerprint density at radius 2 is 1.67 bits per heavy atom. The SMILES string of the molecule is Cc1cc(C(=O)c2cc(F)ccc2C)cc(C)n1. The lowest BCUT2D eigenvalue weighted by molar-refractivity contribution is 0.103. The molecule has 0 aliphatic carbocycles. The monoisotopic (exact) mass is 243 g/mol. The summed E-state index contributed by atoms with van der Waals surface area (Å²) in [6.45, 7) is 5.47. The normalized spacial score (nSPS) is 10.4. The van der Waals surface area contributed by atoms with Crippen molar-refractivity contribution in [3.05, 3.63) is 64.2 Å². The van der Waals surface area contributed by atoms with E-state index in [0.717, 1.165) is 17.0 Å². The van der Waals surface area contributed by atoms with E-state index in [2.05, 4.69) is 4.98 Å². The van der Waals surface area contributed by atoms with Gasteiger partial charge >= 0.3 is 0 Å². The lowest BCUT2D eigenvalue weighted by Gasteiger charge is -2.07. The molecule has 0 aliphatic rings. The van der Waals surface area contributed by atoms with Crippen LogP contribution in [-0.4, -0.2) is 10.8 Å². The maximum absolute atomic E-state index is 13.2. The van der Waals surface area contributed by atoms with Crippen molar-refractivity contribution in [2.75, 3.05) is 0 Å². The highest BCUT2D eigenvalue weighted by Crippen LogP contribution is 2.16. The van der Waals surface area contributed by atoms with Crippen LogP contribution in [0.15, 0.2) is 30.3 Å². The Hall–Kier alpha value is -2.03. The molecule has 1 aromatic heterocycles. The van der Waals surface area contributed by atoms with Crippen molar-refractivity contribution in [2.45, 2.75) is 20.8 Å². The molecule has 1 heterocycles. The largest absolute Gasteiger partial charge is 0.289 e. The van der Waals surface area contributed by atoms with Crippen LogP contribution in [0.2, 0.25) is 0 Å². The third-order valence-electron chi connectivity index (χ3n) is 2.79. The first-order chi connectivity index (χ1) is 8.47. The van der Waals surface area contributed by atoms with E-state index in [-0.39, 0.29) is 5.78 Å². The summed E-state index contributed by atoms with van der Waals surface area (Å²) in [5, 5.41) is 0. The number of carbonyl (C=O) groups excluding carboxylic acids is 1. The number of hydrogen-bond acceptors (Lipinski definition) is 2. The number of aryl methyl sites for hydroxylation is 3. The fourth-order valence-electron chi connectivity index (χ4n) is 1.96. The maximum Gasteiger partial charge on any atom is 0.193 e. The minimum absolute atomic E-state index is 0.166. The molecule has 2 rings (SSSR count). The minimum Gasteiger partial charge on any atom is -0.289 e. The van der Waals surface area contributed by atoms with Crippen LogP contribution in [0.1, 0.15) is 32.9 Å². The van der Waals surface area contributed by atoms with Crippen LogP contribution in [0.3, 0.4) is 0 Å². The number of rotatable bonds is 2. The number of benzene rings is 1. The zero-order valence-electron chi connectivity index (χ0n) is 10.6. The van der Waals surface area contributed by atoms with Gasteiger partial charge in [-0.2, -0.15) is 0 Å². The van der Waals surface area contributed by atoms with Crippen molar-refractivity contribution in [1.82, 2.24) is 4.98 Å². The topological polar surface area (TPSA) is 30.0 Å². The number of carbonyl (C=O) groups is 1. The summed E-state index contributed by atoms with van der Waals surface area (Å²) >= 11 is 0. The van der Waals surface area contributed by atoms with E-state index in [1.54, 1.807) is 25.1 Å². The quantitative estimate of drug-likeness (QED) is 0.757. The molecule has 0 saturated carbocycles. The Kier molecular flexibility index (Phi) is 3.24. The highest BCUT2D eigenvalue weighted by molar-refractivity contribution is 6.10. The number of halogens is 1. The molecule has 0 fully saturated rings. The van der Waals surface area contributed by atoms with Gasteiger partial charge in [-0.1, -0.05) is 6.07 Å². The van der Waals surface area contributed by atoms with E-state index in [4.69, 9.17) is 0 Å². The van der Waals surface area contributed by atoms with Crippen LogP contribution < -0.4 is 0 Å². The van der Waals surface area contributed by atoms with Gasteiger partial charge in [0, 0.05) is 22.5 Å². The lowest BCUT2D eigenvalue weighted by atomic mass is 9.98. The van der Waals surface area contributed by atoms with E-state index < -0.39 is 5.82 Å². The summed E-state index contributed by atoms with van der Waals surface area (Å²) in [7, 11) is 0. The Balaban J connectivity index is 2.51. The van der Waals surface area contributed by atoms with Gasteiger partial charge in [0.2, 0.25) is 0 Å². The second-order valence-electron chi connectivity index (χ2n) is 4.43. The molecule has 0 aliphatic heterocycles. The third kappa shape index (κ3) is 2.45. The van der Waals surface area contributed by atoms with Crippen LogP contribution in [0.25, 0.3) is 0 Å². The molecule has 18 heavy (non-hydrogen) atoms. The van der Waals surface area contributed by atoms with Crippen LogP contribution in [-0.2, 0) is 0 Å². The molecule has 0 spiro atoms. The Morgan fingerprint density at radius 3 is 2.28 bits per heavy atom. The highest BCUT2D eigenvalue weighted by Gasteiger charge is 2.13. The smallest absolute Gasteiger partial charge is 0.193 e. The van der Waals surface area contributed by atoms with Crippen molar-refractivity contribution < 1.29 is 9.18 Å². The summed E-state index contributed by atoms with van der Waals surface area (Å²) in [5.74, 6) is -0.563. The van der Waals surface area contributed by atoms with E-state index in [1.807, 2.05) is 13.8 Å². The first-order valence-corrected chi connectivity index (χ1v) is 5.73. The molecule has 0 saturated heterocycles. The number of hydrogen-bond donors (Lipinski definition) is 0. The van der Waals surface area contributed by atoms with Crippen molar-refractivity contribution in [1.29, 1.82) is 0 Å². The van der Waals surface area contributed by atoms with Crippen molar-refractivity contribution >= 4 is 5.78 Å². The Bertz CT molecular complexity index is 600. The molecule has 0 amide bonds. The van der Waals surface area contributed by atoms with E-state index in [0.29, 0.717) is 11.1 Å². The van der Waals surface area contributed by atoms with Crippen LogP contribution in [0.5, 0.6) is 0 Å². The molecule has 0 atom stereocenters. The van der Waals surface area contributed by atoms with Crippen LogP contribution >= 0.6 is 0 Å². The van der Waals surface area contributed by atoms with Gasteiger partial charge < -0.3 is 0 Å². The fourth-order valence-corrected chi connectivity index (χ4v) is 1.96. The van der Waals surface area contributed by atoms with Crippen molar-refractivity contribution in [2.24, 2.45) is 0 Å². The van der Waals surface area contributed by atoms with Crippen molar-refractivity contribution in [3.8, 4) is 0 Å². The number of pyridine rings is 1. The number of nitrogens with zero attached hydrogens (tertiary/aromatic N) is 1. The van der Waals surface area contributed by atoms with Gasteiger partial charge in [0.1, 0.15) is 5.82 Å². The predicted octanol–water partition coefficient (Wildman–Crippen LogP) is 3.38. The highest BCUT2D eigenvalue weighted by atomic mass is 19.1. The second kappa shape index (κ2) is 4.69. The number of ketones is 1. The Labute approximate surface area is 105 Å². The zero-order chi connectivity index (χ0) is 13.3. The third-order valence-corrected chi connectivity index (χ3v) is 2.79. The summed E-state index contributed by atoms with van der Waals surface area (Å²) in [4.78, 5) is 16.6. The minimum atomic E-state index is -0.397. The maximum atomic E-state index is 13.2. The first kappa shape index (κ1) is 12.4. The summed E-state index contributed by atoms with van der Waals surface area (Å²) in [6, 6.07) is 7.70. The molecule has 3 heteroatoms. The standard InChI is InChI=1S/C15H14FNO/c1-9-4-5-13(16)8-14(9)15(18)12-6-10(2)17-11(3)7-12/h4-8H,1-3H3. The number of aromatic nitrogens is 1. The van der Waals surface area contributed by atoms with Gasteiger partial charge in [-0.05, 0) is 50.6 Å². The van der Waals surface area contributed by atoms with Gasteiger partial charge in [0.05, 0.1) is 0 Å². The molecule has 0 unspecified atom stereocenters. The lowest BCUT2D eigenvalue weighted by Crippen LogP contribution is -2.06. The Morgan fingerprint density at radius 1 is 1.06 bits per heavy atom. The van der Waals surface area contributed by atoms with Gasteiger partial charge in [-0.15, -0.1) is 0 Å². The zero-order valence-corrected chi connectivity index (χ0v) is 10.6. The predicted molar refractivity (Wildman–Crippen MR) is 68.3 cm³/mol. The first-order valence-electron chi connectivity index (χ1n) is 5.73. The molecule has 2 nitrogen and oxygen atoms in total. The van der Waals surface area contributed by atoms with Crippen LogP contribution in [0.4, 0.5) is 4.39 Å². The van der Waals surface area contributed by atoms with E-state index >= 15 is 0 Å². The van der Waals surface area contributed by atoms with E-state index in [9.17, 15) is 9.18 Å². The molecule has 0 N–H and O–H groups in total.